The number of unbranched alkanes of at least 4 members (excludes halogenated alkanes) is 4. The quantitative estimate of drug-likeness (QED) is 0.405. The minimum absolute atomic E-state index is 0.0446. The summed E-state index contributed by atoms with van der Waals surface area (Å²) in [5.74, 6) is 1.70. The number of methoxy groups -OCH3 is 1. The van der Waals surface area contributed by atoms with Crippen molar-refractivity contribution in [3.05, 3.63) is 0 Å². The molecule has 0 heterocycles. The molecule has 0 saturated carbocycles. The molecule has 0 aliphatic rings. The van der Waals surface area contributed by atoms with Crippen molar-refractivity contribution in [2.75, 3.05) is 7.11 Å². The molecule has 3 nitrogen and oxygen atoms in total. The van der Waals surface area contributed by atoms with Crippen molar-refractivity contribution in [3.63, 3.8) is 0 Å². The number of carbonyl (C=O) groups excluding carboxylic acids is 1. The summed E-state index contributed by atoms with van der Waals surface area (Å²) in [6, 6.07) is 0. The molecule has 0 aromatic rings. The predicted molar refractivity (Wildman–Crippen MR) is 71.4 cm³/mol. The fraction of sp³-hybridized carbons (Fsp3) is 0.923. The number of rotatable bonds is 9. The summed E-state index contributed by atoms with van der Waals surface area (Å²) in [6.07, 6.45) is 5.95. The molecule has 0 rings (SSSR count). The minimum atomic E-state index is -0.688. The first-order chi connectivity index (χ1) is 8.02. The Morgan fingerprint density at radius 3 is 2.41 bits per heavy atom. The van der Waals surface area contributed by atoms with E-state index in [1.807, 2.05) is 12.7 Å². The maximum atomic E-state index is 11.7. The second-order valence-corrected chi connectivity index (χ2v) is 7.16. The number of ether oxygens (including phenoxy) is 1. The van der Waals surface area contributed by atoms with Crippen LogP contribution in [0, 0.1) is 0 Å². The number of hydrogen-bond donors (Lipinski definition) is 1. The van der Waals surface area contributed by atoms with Crippen LogP contribution in [-0.4, -0.2) is 39.2 Å². The van der Waals surface area contributed by atoms with Crippen molar-refractivity contribution >= 4 is 20.9 Å². The van der Waals surface area contributed by atoms with E-state index in [9.17, 15) is 9.90 Å². The van der Waals surface area contributed by atoms with Gasteiger partial charge in [0.25, 0.3) is 0 Å². The van der Waals surface area contributed by atoms with E-state index in [4.69, 9.17) is 4.74 Å². The van der Waals surface area contributed by atoms with Crippen LogP contribution in [0.1, 0.15) is 52.4 Å². The monoisotopic (exact) mass is 310 g/mol. The maximum absolute atomic E-state index is 11.7. The molecule has 2 atom stereocenters. The van der Waals surface area contributed by atoms with E-state index in [-0.39, 0.29) is 20.9 Å². The number of aliphatic hydroxyl groups excluding tert-OH is 1. The van der Waals surface area contributed by atoms with Gasteiger partial charge in [-0.1, -0.05) is 0 Å². The average Bonchev–Trinajstić information content (AvgIpc) is 2.36. The van der Waals surface area contributed by atoms with Crippen LogP contribution in [0.4, 0.5) is 0 Å². The normalized spacial score (nSPS) is 16.3. The van der Waals surface area contributed by atoms with Gasteiger partial charge in [-0.25, -0.2) is 0 Å². The molecule has 0 spiro atoms. The van der Waals surface area contributed by atoms with Gasteiger partial charge in [-0.15, -0.1) is 0 Å². The third-order valence-electron chi connectivity index (χ3n) is 3.23. The summed E-state index contributed by atoms with van der Waals surface area (Å²) in [5, 5.41) is 10.1. The van der Waals surface area contributed by atoms with E-state index in [1.165, 1.54) is 26.4 Å². The molecule has 0 aliphatic carbocycles. The molecular formula is C13H26O3Se. The number of esters is 1. The van der Waals surface area contributed by atoms with Crippen LogP contribution in [0.25, 0.3) is 0 Å². The van der Waals surface area contributed by atoms with Crippen molar-refractivity contribution in [1.29, 1.82) is 0 Å². The summed E-state index contributed by atoms with van der Waals surface area (Å²) < 4.78 is 4.10. The van der Waals surface area contributed by atoms with Gasteiger partial charge in [0, 0.05) is 0 Å². The van der Waals surface area contributed by atoms with Gasteiger partial charge in [0.2, 0.25) is 0 Å². The van der Waals surface area contributed by atoms with Crippen LogP contribution in [0.2, 0.25) is 10.1 Å². The topological polar surface area (TPSA) is 46.5 Å². The Hall–Kier alpha value is -0.0505. The van der Waals surface area contributed by atoms with Crippen molar-refractivity contribution in [1.82, 2.24) is 0 Å². The van der Waals surface area contributed by atoms with Crippen molar-refractivity contribution in [2.24, 2.45) is 0 Å². The van der Waals surface area contributed by atoms with E-state index in [2.05, 4.69) is 6.92 Å². The van der Waals surface area contributed by atoms with Crippen LogP contribution < -0.4 is 0 Å². The molecule has 0 amide bonds. The van der Waals surface area contributed by atoms with Crippen LogP contribution in [0.5, 0.6) is 0 Å². The van der Waals surface area contributed by atoms with Gasteiger partial charge in [-0.2, -0.15) is 0 Å². The molecule has 0 unspecified atom stereocenters. The molecule has 4 heteroatoms. The number of aliphatic hydroxyl groups is 1. The van der Waals surface area contributed by atoms with Gasteiger partial charge < -0.3 is 0 Å². The van der Waals surface area contributed by atoms with Gasteiger partial charge in [-0.05, 0) is 0 Å². The standard InChI is InChI=1S/C13H26O3Se/c1-5-6-7-8-9-10-11(14)13(2,17-4)12(15)16-3/h11,14H,5-10H2,1-4H3/t11-,13+/m1/s1. The van der Waals surface area contributed by atoms with Crippen LogP contribution in [-0.2, 0) is 9.53 Å². The SMILES string of the molecule is CCCCCCC[C@@H](O)[C@](C)([Se]C)C(=O)OC. The summed E-state index contributed by atoms with van der Waals surface area (Å²) in [4.78, 5) is 11.7. The average molecular weight is 309 g/mol. The Labute approximate surface area is 111 Å². The molecule has 0 fully saturated rings. The van der Waals surface area contributed by atoms with E-state index >= 15 is 0 Å². The van der Waals surface area contributed by atoms with E-state index in [0.29, 0.717) is 6.42 Å². The number of hydrogen-bond acceptors (Lipinski definition) is 3. The fourth-order valence-corrected chi connectivity index (χ4v) is 3.12. The molecule has 0 aromatic carbocycles. The van der Waals surface area contributed by atoms with Crippen LogP contribution in [0.15, 0.2) is 0 Å². The Morgan fingerprint density at radius 2 is 1.94 bits per heavy atom. The zero-order chi connectivity index (χ0) is 13.3. The Balaban J connectivity index is 4.08. The Kier molecular flexibility index (Phi) is 8.93. The first-order valence-corrected chi connectivity index (χ1v) is 8.91. The third kappa shape index (κ3) is 5.41. The first-order valence-electron chi connectivity index (χ1n) is 6.34. The molecule has 0 aliphatic heterocycles. The predicted octanol–water partition coefficient (Wildman–Crippen LogP) is 2.81. The molecule has 102 valence electrons. The molecule has 17 heavy (non-hydrogen) atoms. The van der Waals surface area contributed by atoms with Gasteiger partial charge >= 0.3 is 111 Å². The molecule has 0 saturated heterocycles. The van der Waals surface area contributed by atoms with E-state index < -0.39 is 10.4 Å². The summed E-state index contributed by atoms with van der Waals surface area (Å²) >= 11 is 0.0446. The van der Waals surface area contributed by atoms with Crippen molar-refractivity contribution in [3.8, 4) is 0 Å². The molecule has 0 radical (unpaired) electrons. The second kappa shape index (κ2) is 8.96. The Morgan fingerprint density at radius 1 is 1.35 bits per heavy atom. The van der Waals surface area contributed by atoms with Gasteiger partial charge in [0.1, 0.15) is 0 Å². The van der Waals surface area contributed by atoms with Gasteiger partial charge in [0.15, 0.2) is 0 Å². The van der Waals surface area contributed by atoms with Crippen molar-refractivity contribution in [2.45, 2.75) is 68.6 Å². The van der Waals surface area contributed by atoms with E-state index in [0.717, 1.165) is 12.8 Å². The first kappa shape index (κ1) is 16.9. The van der Waals surface area contributed by atoms with Crippen LogP contribution >= 0.6 is 0 Å². The third-order valence-corrected chi connectivity index (χ3v) is 5.93. The molecular weight excluding hydrogens is 283 g/mol. The summed E-state index contributed by atoms with van der Waals surface area (Å²) in [6.45, 7) is 4.00. The fourth-order valence-electron chi connectivity index (χ4n) is 1.77. The Bertz CT molecular complexity index is 221. The number of carbonyl (C=O) groups is 1. The summed E-state index contributed by atoms with van der Waals surface area (Å²) in [5.41, 5.74) is 0. The molecule has 0 aromatic heterocycles. The molecule has 1 N–H and O–H groups in total. The van der Waals surface area contributed by atoms with Crippen LogP contribution in [0.3, 0.4) is 0 Å². The van der Waals surface area contributed by atoms with Gasteiger partial charge in [0.05, 0.1) is 0 Å². The van der Waals surface area contributed by atoms with E-state index in [1.54, 1.807) is 0 Å². The zero-order valence-corrected chi connectivity index (χ0v) is 13.2. The zero-order valence-electron chi connectivity index (χ0n) is 11.5. The second-order valence-electron chi connectivity index (χ2n) is 4.52. The van der Waals surface area contributed by atoms with Gasteiger partial charge in [-0.3, -0.25) is 0 Å². The summed E-state index contributed by atoms with van der Waals surface area (Å²) in [7, 11) is 1.39. The van der Waals surface area contributed by atoms with Crippen molar-refractivity contribution < 1.29 is 14.6 Å². The molecule has 0 bridgehead atoms.